The van der Waals surface area contributed by atoms with Crippen molar-refractivity contribution >= 4 is 44.4 Å². The molecule has 7 nitrogen and oxygen atoms in total. The van der Waals surface area contributed by atoms with E-state index in [1.165, 1.54) is 10.6 Å². The maximum atomic E-state index is 13.0. The van der Waals surface area contributed by atoms with E-state index in [0.29, 0.717) is 40.4 Å². The first kappa shape index (κ1) is 25.5. The number of carbonyl (C=O) groups is 1. The SMILES string of the molecule is CNC(=O)c1c(C2C=CC(C)=CC2)oc2nc(N(CCc3ccccc3Cl)S(C)(=O)=O)c(C3CC3)cc12. The van der Waals surface area contributed by atoms with Gasteiger partial charge in [0.1, 0.15) is 11.6 Å². The van der Waals surface area contributed by atoms with Crippen LogP contribution < -0.4 is 9.62 Å². The van der Waals surface area contributed by atoms with Crippen LogP contribution in [0.4, 0.5) is 5.82 Å². The summed E-state index contributed by atoms with van der Waals surface area (Å²) in [6.07, 6.45) is 10.4. The van der Waals surface area contributed by atoms with Gasteiger partial charge in [0.2, 0.25) is 15.7 Å². The van der Waals surface area contributed by atoms with Crippen molar-refractivity contribution in [1.29, 1.82) is 0 Å². The summed E-state index contributed by atoms with van der Waals surface area (Å²) in [4.78, 5) is 17.8. The minimum Gasteiger partial charge on any atom is -0.441 e. The molecule has 1 saturated carbocycles. The summed E-state index contributed by atoms with van der Waals surface area (Å²) < 4.78 is 33.6. The molecule has 37 heavy (non-hydrogen) atoms. The second kappa shape index (κ2) is 9.99. The molecule has 1 amide bonds. The van der Waals surface area contributed by atoms with Crippen molar-refractivity contribution < 1.29 is 17.6 Å². The topological polar surface area (TPSA) is 92.5 Å². The number of nitrogens with one attached hydrogen (secondary N) is 1. The lowest BCUT2D eigenvalue weighted by Gasteiger charge is -2.24. The number of benzene rings is 1. The van der Waals surface area contributed by atoms with E-state index < -0.39 is 10.0 Å². The first-order valence-electron chi connectivity index (χ1n) is 12.4. The van der Waals surface area contributed by atoms with E-state index in [1.54, 1.807) is 13.1 Å². The number of amides is 1. The number of carbonyl (C=O) groups excluding carboxylic acids is 1. The summed E-state index contributed by atoms with van der Waals surface area (Å²) in [7, 11) is -2.07. The Bertz CT molecular complexity index is 1540. The number of rotatable bonds is 8. The zero-order valence-electron chi connectivity index (χ0n) is 21.1. The minimum atomic E-state index is -3.66. The molecular weight excluding hydrogens is 510 g/mol. The first-order valence-corrected chi connectivity index (χ1v) is 14.7. The Labute approximate surface area is 222 Å². The van der Waals surface area contributed by atoms with Gasteiger partial charge in [-0.3, -0.25) is 9.10 Å². The van der Waals surface area contributed by atoms with Gasteiger partial charge in [-0.15, -0.1) is 0 Å². The third-order valence-corrected chi connectivity index (χ3v) is 8.52. The summed E-state index contributed by atoms with van der Waals surface area (Å²) in [5.41, 5.74) is 3.57. The van der Waals surface area contributed by atoms with Gasteiger partial charge in [-0.1, -0.05) is 53.6 Å². The standard InChI is InChI=1S/C28H30ClN3O4S/c1-17-8-10-20(11-9-17)25-24(27(33)30-2)22-16-21(18-12-13-18)26(31-28(22)36-25)32(37(3,34)35)15-14-19-6-4-5-7-23(19)29/h4-10,16,18,20H,11-15H2,1-3H3,(H,30,33). The zero-order valence-corrected chi connectivity index (χ0v) is 22.7. The fraction of sp³-hybridized carbons (Fsp3) is 0.357. The van der Waals surface area contributed by atoms with Crippen LogP contribution in [0.15, 0.2) is 58.6 Å². The average Bonchev–Trinajstić information content (AvgIpc) is 3.64. The zero-order chi connectivity index (χ0) is 26.3. The highest BCUT2D eigenvalue weighted by molar-refractivity contribution is 7.92. The molecule has 1 atom stereocenters. The van der Waals surface area contributed by atoms with Crippen LogP contribution in [0.25, 0.3) is 11.1 Å². The molecule has 1 fully saturated rings. The largest absolute Gasteiger partial charge is 0.441 e. The van der Waals surface area contributed by atoms with Crippen LogP contribution in [0, 0.1) is 0 Å². The van der Waals surface area contributed by atoms with Crippen LogP contribution in [0.5, 0.6) is 0 Å². The number of anilines is 1. The smallest absolute Gasteiger partial charge is 0.255 e. The highest BCUT2D eigenvalue weighted by Gasteiger charge is 2.35. The van der Waals surface area contributed by atoms with Crippen molar-refractivity contribution in [3.8, 4) is 0 Å². The average molecular weight is 540 g/mol. The Morgan fingerprint density at radius 3 is 2.65 bits per heavy atom. The van der Waals surface area contributed by atoms with E-state index in [2.05, 4.69) is 11.4 Å². The van der Waals surface area contributed by atoms with Crippen molar-refractivity contribution in [2.24, 2.45) is 0 Å². The van der Waals surface area contributed by atoms with Gasteiger partial charge >= 0.3 is 0 Å². The minimum absolute atomic E-state index is 0.107. The fourth-order valence-corrected chi connectivity index (χ4v) is 5.95. The Balaban J connectivity index is 1.63. The molecule has 0 bridgehead atoms. The van der Waals surface area contributed by atoms with Crippen LogP contribution >= 0.6 is 11.6 Å². The highest BCUT2D eigenvalue weighted by atomic mass is 35.5. The number of hydrogen-bond donors (Lipinski definition) is 1. The lowest BCUT2D eigenvalue weighted by Crippen LogP contribution is -2.33. The quantitative estimate of drug-likeness (QED) is 0.395. The van der Waals surface area contributed by atoms with E-state index in [1.807, 2.05) is 43.3 Å². The molecule has 1 unspecified atom stereocenters. The molecule has 194 valence electrons. The molecule has 2 aliphatic carbocycles. The molecule has 2 aliphatic rings. The number of nitrogens with zero attached hydrogens (tertiary/aromatic N) is 2. The first-order chi connectivity index (χ1) is 17.7. The Kier molecular flexibility index (Phi) is 6.89. The predicted molar refractivity (Wildman–Crippen MR) is 147 cm³/mol. The van der Waals surface area contributed by atoms with Crippen molar-refractivity contribution in [2.45, 2.75) is 44.4 Å². The molecule has 1 N–H and O–H groups in total. The van der Waals surface area contributed by atoms with Gasteiger partial charge in [0.15, 0.2) is 0 Å². The monoisotopic (exact) mass is 539 g/mol. The van der Waals surface area contributed by atoms with Crippen molar-refractivity contribution in [3.63, 3.8) is 0 Å². The Morgan fingerprint density at radius 1 is 1.27 bits per heavy atom. The molecule has 0 aliphatic heterocycles. The van der Waals surface area contributed by atoms with E-state index in [-0.39, 0.29) is 30.0 Å². The van der Waals surface area contributed by atoms with Gasteiger partial charge in [-0.05, 0) is 61.8 Å². The van der Waals surface area contributed by atoms with Crippen LogP contribution in [0.3, 0.4) is 0 Å². The molecule has 2 heterocycles. The van der Waals surface area contributed by atoms with E-state index in [0.717, 1.165) is 29.5 Å². The van der Waals surface area contributed by atoms with Gasteiger partial charge in [0.25, 0.3) is 5.91 Å². The Hall–Kier alpha value is -3.10. The number of pyridine rings is 1. The normalized spacial score (nSPS) is 17.6. The summed E-state index contributed by atoms with van der Waals surface area (Å²) in [6.45, 7) is 2.22. The van der Waals surface area contributed by atoms with Crippen LogP contribution in [-0.4, -0.2) is 39.2 Å². The maximum Gasteiger partial charge on any atom is 0.255 e. The molecule has 0 radical (unpaired) electrons. The summed E-state index contributed by atoms with van der Waals surface area (Å²) in [6, 6.07) is 9.32. The molecule has 1 aromatic carbocycles. The van der Waals surface area contributed by atoms with Crippen molar-refractivity contribution in [2.75, 3.05) is 24.2 Å². The fourth-order valence-electron chi connectivity index (χ4n) is 4.84. The summed E-state index contributed by atoms with van der Waals surface area (Å²) in [5, 5.41) is 3.94. The van der Waals surface area contributed by atoms with Gasteiger partial charge < -0.3 is 9.73 Å². The van der Waals surface area contributed by atoms with Crippen LogP contribution in [0.1, 0.15) is 65.3 Å². The van der Waals surface area contributed by atoms with Crippen molar-refractivity contribution in [1.82, 2.24) is 10.3 Å². The number of fused-ring (bicyclic) bond motifs is 1. The van der Waals surface area contributed by atoms with Gasteiger partial charge in [0, 0.05) is 24.5 Å². The Morgan fingerprint density at radius 2 is 2.03 bits per heavy atom. The van der Waals surface area contributed by atoms with Gasteiger partial charge in [-0.2, -0.15) is 4.98 Å². The molecular formula is C28H30ClN3O4S. The van der Waals surface area contributed by atoms with E-state index >= 15 is 0 Å². The second-order valence-corrected chi connectivity index (χ2v) is 12.1. The number of halogens is 1. The van der Waals surface area contributed by atoms with E-state index in [9.17, 15) is 13.2 Å². The predicted octanol–water partition coefficient (Wildman–Crippen LogP) is 5.72. The highest BCUT2D eigenvalue weighted by Crippen LogP contribution is 2.47. The maximum absolute atomic E-state index is 13.0. The van der Waals surface area contributed by atoms with Crippen LogP contribution in [0.2, 0.25) is 5.02 Å². The summed E-state index contributed by atoms with van der Waals surface area (Å²) in [5.74, 6) is 0.742. The molecule has 0 spiro atoms. The molecule has 5 rings (SSSR count). The number of hydrogen-bond acceptors (Lipinski definition) is 5. The third kappa shape index (κ3) is 5.18. The summed E-state index contributed by atoms with van der Waals surface area (Å²) >= 11 is 6.34. The number of furan rings is 1. The number of allylic oxidation sites excluding steroid dienone is 4. The molecule has 9 heteroatoms. The lowest BCUT2D eigenvalue weighted by molar-refractivity contribution is 0.0962. The molecule has 2 aromatic heterocycles. The second-order valence-electron chi connectivity index (χ2n) is 9.77. The third-order valence-electron chi connectivity index (χ3n) is 6.99. The van der Waals surface area contributed by atoms with E-state index in [4.69, 9.17) is 21.0 Å². The van der Waals surface area contributed by atoms with Crippen molar-refractivity contribution in [3.05, 3.63) is 81.6 Å². The molecule has 3 aromatic rings. The number of sulfonamides is 1. The van der Waals surface area contributed by atoms with Gasteiger partial charge in [0.05, 0.1) is 17.2 Å². The molecule has 0 saturated heterocycles. The number of aromatic nitrogens is 1. The van der Waals surface area contributed by atoms with Gasteiger partial charge in [-0.25, -0.2) is 8.42 Å². The lowest BCUT2D eigenvalue weighted by atomic mass is 9.92. The van der Waals surface area contributed by atoms with Crippen LogP contribution in [-0.2, 0) is 16.4 Å².